The van der Waals surface area contributed by atoms with Gasteiger partial charge in [0.2, 0.25) is 12.7 Å². The zero-order valence-corrected chi connectivity index (χ0v) is 23.3. The van der Waals surface area contributed by atoms with E-state index in [0.717, 1.165) is 5.56 Å². The standard InChI is InChI=1S/C31H34NO5P/c1-21-19-22(2)30(23(3)29(21)28(34)20-27(24(4)33)32-15-17-37-18-16-32)31(35)38(36,25-11-7-5-8-12-25)26-13-9-6-10-14-26/h5-14,19,27H,15-18,20H2,1-4H3. The van der Waals surface area contributed by atoms with Gasteiger partial charge < -0.3 is 9.30 Å². The first-order chi connectivity index (χ1) is 18.2. The molecule has 1 aliphatic heterocycles. The molecule has 1 fully saturated rings. The summed E-state index contributed by atoms with van der Waals surface area (Å²) in [4.78, 5) is 42.6. The van der Waals surface area contributed by atoms with Gasteiger partial charge in [0.05, 0.1) is 19.3 Å². The van der Waals surface area contributed by atoms with Gasteiger partial charge in [-0.2, -0.15) is 0 Å². The Kier molecular flexibility index (Phi) is 8.57. The van der Waals surface area contributed by atoms with Crippen LogP contribution in [0.3, 0.4) is 0 Å². The van der Waals surface area contributed by atoms with Gasteiger partial charge in [0.15, 0.2) is 5.78 Å². The van der Waals surface area contributed by atoms with Crippen molar-refractivity contribution in [1.29, 1.82) is 0 Å². The monoisotopic (exact) mass is 531 g/mol. The lowest BCUT2D eigenvalue weighted by Gasteiger charge is -2.33. The highest BCUT2D eigenvalue weighted by atomic mass is 31.2. The van der Waals surface area contributed by atoms with Crippen molar-refractivity contribution in [2.24, 2.45) is 0 Å². The van der Waals surface area contributed by atoms with E-state index in [0.29, 0.717) is 59.2 Å². The minimum Gasteiger partial charge on any atom is -0.379 e. The molecule has 1 aliphatic rings. The Labute approximate surface area is 224 Å². The van der Waals surface area contributed by atoms with Crippen molar-refractivity contribution in [3.05, 3.63) is 94.5 Å². The summed E-state index contributed by atoms with van der Waals surface area (Å²) in [7, 11) is -3.75. The highest BCUT2D eigenvalue weighted by molar-refractivity contribution is 7.93. The van der Waals surface area contributed by atoms with E-state index in [1.165, 1.54) is 6.92 Å². The second-order valence-electron chi connectivity index (χ2n) is 9.87. The number of carbonyl (C=O) groups is 3. The van der Waals surface area contributed by atoms with Gasteiger partial charge in [-0.3, -0.25) is 19.3 Å². The lowest BCUT2D eigenvalue weighted by molar-refractivity contribution is -0.123. The van der Waals surface area contributed by atoms with Crippen LogP contribution in [0.25, 0.3) is 0 Å². The molecule has 3 aromatic carbocycles. The van der Waals surface area contributed by atoms with Crippen LogP contribution in [-0.2, 0) is 14.1 Å². The Morgan fingerprint density at radius 2 is 1.34 bits per heavy atom. The van der Waals surface area contributed by atoms with Crippen LogP contribution in [0, 0.1) is 20.8 Å². The van der Waals surface area contributed by atoms with Gasteiger partial charge in [-0.25, -0.2) is 0 Å². The van der Waals surface area contributed by atoms with Crippen LogP contribution >= 0.6 is 7.14 Å². The molecule has 7 heteroatoms. The molecule has 4 rings (SSSR count). The Morgan fingerprint density at radius 1 is 0.842 bits per heavy atom. The minimum atomic E-state index is -3.75. The van der Waals surface area contributed by atoms with Gasteiger partial charge in [-0.1, -0.05) is 66.7 Å². The summed E-state index contributed by atoms with van der Waals surface area (Å²) in [6.45, 7) is 9.13. The first-order valence-electron chi connectivity index (χ1n) is 12.9. The molecule has 0 radical (unpaired) electrons. The topological polar surface area (TPSA) is 80.8 Å². The molecule has 198 valence electrons. The molecule has 1 atom stereocenters. The Morgan fingerprint density at radius 3 is 1.84 bits per heavy atom. The lowest BCUT2D eigenvalue weighted by atomic mass is 9.89. The SMILES string of the molecule is CC(=O)C(CC(=O)c1c(C)cc(C)c(C(=O)P(=O)(c2ccccc2)c2ccccc2)c1C)N1CCOCC1. The summed E-state index contributed by atoms with van der Waals surface area (Å²) >= 11 is 0. The van der Waals surface area contributed by atoms with Gasteiger partial charge in [0.1, 0.15) is 5.78 Å². The molecule has 0 amide bonds. The number of rotatable bonds is 9. The highest BCUT2D eigenvalue weighted by Crippen LogP contribution is 2.48. The molecule has 0 saturated carbocycles. The second-order valence-corrected chi connectivity index (χ2v) is 12.5. The van der Waals surface area contributed by atoms with E-state index >= 15 is 0 Å². The average molecular weight is 532 g/mol. The zero-order chi connectivity index (χ0) is 27.4. The maximum absolute atomic E-state index is 14.8. The number of aryl methyl sites for hydroxylation is 2. The van der Waals surface area contributed by atoms with E-state index in [-0.39, 0.29) is 18.0 Å². The smallest absolute Gasteiger partial charge is 0.230 e. The predicted octanol–water partition coefficient (Wildman–Crippen LogP) is 4.63. The molecule has 1 saturated heterocycles. The molecule has 0 N–H and O–H groups in total. The van der Waals surface area contributed by atoms with Crippen molar-refractivity contribution in [3.8, 4) is 0 Å². The number of carbonyl (C=O) groups excluding carboxylic acids is 3. The molecule has 0 aromatic heterocycles. The van der Waals surface area contributed by atoms with E-state index < -0.39 is 18.7 Å². The highest BCUT2D eigenvalue weighted by Gasteiger charge is 2.39. The summed E-state index contributed by atoms with van der Waals surface area (Å²) in [5.41, 5.74) is 2.15. The molecular formula is C31H34NO5P. The molecule has 1 unspecified atom stereocenters. The third-order valence-electron chi connectivity index (χ3n) is 7.32. The summed E-state index contributed by atoms with van der Waals surface area (Å²) < 4.78 is 20.2. The van der Waals surface area contributed by atoms with Crippen LogP contribution in [0.2, 0.25) is 0 Å². The van der Waals surface area contributed by atoms with Gasteiger partial charge in [0.25, 0.3) is 0 Å². The van der Waals surface area contributed by atoms with E-state index in [4.69, 9.17) is 4.74 Å². The third kappa shape index (κ3) is 5.35. The fourth-order valence-electron chi connectivity index (χ4n) is 5.46. The molecule has 3 aromatic rings. The molecule has 1 heterocycles. The number of hydrogen-bond acceptors (Lipinski definition) is 6. The third-order valence-corrected chi connectivity index (χ3v) is 10.2. The van der Waals surface area contributed by atoms with Crippen molar-refractivity contribution in [3.63, 3.8) is 0 Å². The summed E-state index contributed by atoms with van der Waals surface area (Å²) in [6, 6.07) is 18.9. The fraction of sp³-hybridized carbons (Fsp3) is 0.323. The quantitative estimate of drug-likeness (QED) is 0.296. The predicted molar refractivity (Wildman–Crippen MR) is 151 cm³/mol. The molecular weight excluding hydrogens is 497 g/mol. The van der Waals surface area contributed by atoms with Crippen LogP contribution < -0.4 is 10.6 Å². The van der Waals surface area contributed by atoms with Crippen LogP contribution in [0.4, 0.5) is 0 Å². The maximum atomic E-state index is 14.8. The lowest BCUT2D eigenvalue weighted by Crippen LogP contribution is -2.47. The maximum Gasteiger partial charge on any atom is 0.230 e. The molecule has 0 bridgehead atoms. The van der Waals surface area contributed by atoms with Crippen molar-refractivity contribution in [1.82, 2.24) is 4.90 Å². The number of Topliss-reactive ketones (excluding diaryl/α,β-unsaturated/α-hetero) is 2. The molecule has 0 spiro atoms. The fourth-order valence-corrected chi connectivity index (χ4v) is 8.07. The number of morpholine rings is 1. The molecule has 6 nitrogen and oxygen atoms in total. The summed E-state index contributed by atoms with van der Waals surface area (Å²) in [5, 5.41) is 0.903. The minimum absolute atomic E-state index is 0.0166. The number of nitrogens with zero attached hydrogens (tertiary/aromatic N) is 1. The largest absolute Gasteiger partial charge is 0.379 e. The number of ether oxygens (including phenoxy) is 1. The van der Waals surface area contributed by atoms with Crippen LogP contribution in [-0.4, -0.2) is 54.3 Å². The average Bonchev–Trinajstić information content (AvgIpc) is 2.92. The first-order valence-corrected chi connectivity index (χ1v) is 14.6. The summed E-state index contributed by atoms with van der Waals surface area (Å²) in [5.74, 6) is -0.272. The number of benzene rings is 3. The van der Waals surface area contributed by atoms with Crippen LogP contribution in [0.1, 0.15) is 50.8 Å². The van der Waals surface area contributed by atoms with E-state index in [2.05, 4.69) is 0 Å². The Balaban J connectivity index is 1.80. The van der Waals surface area contributed by atoms with Gasteiger partial charge in [-0.05, 0) is 44.4 Å². The zero-order valence-electron chi connectivity index (χ0n) is 22.4. The van der Waals surface area contributed by atoms with E-state index in [1.54, 1.807) is 55.5 Å². The van der Waals surface area contributed by atoms with Crippen molar-refractivity contribution < 1.29 is 23.7 Å². The van der Waals surface area contributed by atoms with E-state index in [1.807, 2.05) is 36.9 Å². The van der Waals surface area contributed by atoms with Crippen LogP contribution in [0.5, 0.6) is 0 Å². The number of hydrogen-bond donors (Lipinski definition) is 0. The normalized spacial score (nSPS) is 15.2. The van der Waals surface area contributed by atoms with Gasteiger partial charge >= 0.3 is 0 Å². The molecule has 38 heavy (non-hydrogen) atoms. The second kappa shape index (κ2) is 11.7. The Hall–Kier alpha value is -3.18. The van der Waals surface area contributed by atoms with Crippen LogP contribution in [0.15, 0.2) is 66.7 Å². The Bertz CT molecular complexity index is 1350. The van der Waals surface area contributed by atoms with E-state index in [9.17, 15) is 18.9 Å². The van der Waals surface area contributed by atoms with Crippen molar-refractivity contribution >= 4 is 34.8 Å². The van der Waals surface area contributed by atoms with Crippen molar-refractivity contribution in [2.45, 2.75) is 40.2 Å². The van der Waals surface area contributed by atoms with Gasteiger partial charge in [0, 0.05) is 41.2 Å². The van der Waals surface area contributed by atoms with Crippen molar-refractivity contribution in [2.75, 3.05) is 26.3 Å². The number of ketones is 2. The molecule has 0 aliphatic carbocycles. The first kappa shape index (κ1) is 27.8. The van der Waals surface area contributed by atoms with Gasteiger partial charge in [-0.15, -0.1) is 0 Å². The summed E-state index contributed by atoms with van der Waals surface area (Å²) in [6.07, 6.45) is 0.0166.